The lowest BCUT2D eigenvalue weighted by Crippen LogP contribution is -2.36. The third-order valence-corrected chi connectivity index (χ3v) is 5.09. The standard InChI is InChI=1S/C12H25NO3S/c1-9-10(16-9)12(4,5)7-11(2,3)8-17(14,15)13-6/h9-10,13H,7-8H2,1-6H3. The van der Waals surface area contributed by atoms with Gasteiger partial charge in [-0.05, 0) is 31.2 Å². The van der Waals surface area contributed by atoms with Crippen LogP contribution < -0.4 is 4.72 Å². The minimum Gasteiger partial charge on any atom is -0.369 e. The zero-order valence-corrected chi connectivity index (χ0v) is 12.5. The van der Waals surface area contributed by atoms with Crippen molar-refractivity contribution in [3.05, 3.63) is 0 Å². The molecular weight excluding hydrogens is 238 g/mol. The van der Waals surface area contributed by atoms with Crippen molar-refractivity contribution in [1.82, 2.24) is 4.72 Å². The second kappa shape index (κ2) is 4.52. The smallest absolute Gasteiger partial charge is 0.211 e. The van der Waals surface area contributed by atoms with Gasteiger partial charge in [-0.25, -0.2) is 13.1 Å². The van der Waals surface area contributed by atoms with Crippen molar-refractivity contribution in [1.29, 1.82) is 0 Å². The molecule has 5 heteroatoms. The van der Waals surface area contributed by atoms with Crippen LogP contribution in [0.1, 0.15) is 41.0 Å². The fraction of sp³-hybridized carbons (Fsp3) is 1.00. The molecule has 17 heavy (non-hydrogen) atoms. The first-order valence-corrected chi connectivity index (χ1v) is 7.71. The zero-order valence-electron chi connectivity index (χ0n) is 11.7. The van der Waals surface area contributed by atoms with Crippen LogP contribution in [-0.4, -0.2) is 33.4 Å². The van der Waals surface area contributed by atoms with Crippen molar-refractivity contribution < 1.29 is 13.2 Å². The van der Waals surface area contributed by atoms with E-state index < -0.39 is 10.0 Å². The van der Waals surface area contributed by atoms with Gasteiger partial charge in [0.15, 0.2) is 0 Å². The lowest BCUT2D eigenvalue weighted by Gasteiger charge is -2.33. The Labute approximate surface area is 105 Å². The molecule has 0 saturated carbocycles. The first kappa shape index (κ1) is 14.9. The molecule has 1 fully saturated rings. The first-order chi connectivity index (χ1) is 7.49. The number of epoxide rings is 1. The second-order valence-electron chi connectivity index (χ2n) is 6.55. The van der Waals surface area contributed by atoms with Gasteiger partial charge in [-0.15, -0.1) is 0 Å². The van der Waals surface area contributed by atoms with Crippen LogP contribution in [0.25, 0.3) is 0 Å². The van der Waals surface area contributed by atoms with E-state index in [2.05, 4.69) is 25.5 Å². The molecule has 102 valence electrons. The van der Waals surface area contributed by atoms with E-state index in [0.29, 0.717) is 6.10 Å². The van der Waals surface area contributed by atoms with Gasteiger partial charge in [0.1, 0.15) is 0 Å². The molecule has 0 radical (unpaired) electrons. The monoisotopic (exact) mass is 263 g/mol. The summed E-state index contributed by atoms with van der Waals surface area (Å²) in [5, 5.41) is 0. The van der Waals surface area contributed by atoms with Crippen molar-refractivity contribution in [2.24, 2.45) is 10.8 Å². The van der Waals surface area contributed by atoms with Gasteiger partial charge in [0.2, 0.25) is 10.0 Å². The van der Waals surface area contributed by atoms with Crippen LogP contribution in [0, 0.1) is 10.8 Å². The molecule has 0 aromatic heterocycles. The maximum atomic E-state index is 11.6. The first-order valence-electron chi connectivity index (χ1n) is 6.06. The number of hydrogen-bond donors (Lipinski definition) is 1. The van der Waals surface area contributed by atoms with Crippen LogP contribution in [0.4, 0.5) is 0 Å². The van der Waals surface area contributed by atoms with E-state index in [-0.39, 0.29) is 22.7 Å². The normalized spacial score (nSPS) is 26.0. The quantitative estimate of drug-likeness (QED) is 0.743. The highest BCUT2D eigenvalue weighted by molar-refractivity contribution is 7.89. The highest BCUT2D eigenvalue weighted by Crippen LogP contribution is 2.45. The Morgan fingerprint density at radius 3 is 2.06 bits per heavy atom. The third kappa shape index (κ3) is 4.23. The number of rotatable bonds is 6. The van der Waals surface area contributed by atoms with Crippen molar-refractivity contribution >= 4 is 10.0 Å². The van der Waals surface area contributed by atoms with E-state index in [0.717, 1.165) is 6.42 Å². The predicted octanol–water partition coefficient (Wildman–Crippen LogP) is 1.77. The fourth-order valence-electron chi connectivity index (χ4n) is 2.98. The zero-order chi connectivity index (χ0) is 13.5. The molecule has 0 aliphatic carbocycles. The van der Waals surface area contributed by atoms with Crippen molar-refractivity contribution in [2.45, 2.75) is 53.2 Å². The van der Waals surface area contributed by atoms with Crippen molar-refractivity contribution in [2.75, 3.05) is 12.8 Å². The maximum Gasteiger partial charge on any atom is 0.211 e. The van der Waals surface area contributed by atoms with E-state index in [1.165, 1.54) is 7.05 Å². The van der Waals surface area contributed by atoms with Crippen LogP contribution in [0.5, 0.6) is 0 Å². The topological polar surface area (TPSA) is 58.7 Å². The largest absolute Gasteiger partial charge is 0.369 e. The molecule has 4 nitrogen and oxygen atoms in total. The molecule has 1 saturated heterocycles. The van der Waals surface area contributed by atoms with Gasteiger partial charge in [0.25, 0.3) is 0 Å². The minimum absolute atomic E-state index is 0.0200. The molecule has 0 bridgehead atoms. The van der Waals surface area contributed by atoms with Gasteiger partial charge in [0, 0.05) is 0 Å². The number of ether oxygens (including phenoxy) is 1. The van der Waals surface area contributed by atoms with E-state index in [1.807, 2.05) is 13.8 Å². The lowest BCUT2D eigenvalue weighted by atomic mass is 9.73. The summed E-state index contributed by atoms with van der Waals surface area (Å²) in [7, 11) is -1.70. The predicted molar refractivity (Wildman–Crippen MR) is 69.4 cm³/mol. The molecule has 1 N–H and O–H groups in total. The van der Waals surface area contributed by atoms with Gasteiger partial charge in [-0.2, -0.15) is 0 Å². The SMILES string of the molecule is CNS(=O)(=O)CC(C)(C)CC(C)(C)C1OC1C. The molecule has 0 spiro atoms. The fourth-order valence-corrected chi connectivity index (χ4v) is 4.25. The minimum atomic E-state index is -3.16. The van der Waals surface area contributed by atoms with E-state index in [1.54, 1.807) is 0 Å². The van der Waals surface area contributed by atoms with Crippen LogP contribution in [0.3, 0.4) is 0 Å². The third-order valence-electron chi connectivity index (χ3n) is 3.31. The molecule has 2 unspecified atom stereocenters. The average molecular weight is 263 g/mol. The molecule has 0 aromatic carbocycles. The summed E-state index contributed by atoms with van der Waals surface area (Å²) in [4.78, 5) is 0. The summed E-state index contributed by atoms with van der Waals surface area (Å²) in [6.07, 6.45) is 1.40. The summed E-state index contributed by atoms with van der Waals surface area (Å²) in [5.74, 6) is 0.154. The highest BCUT2D eigenvalue weighted by Gasteiger charge is 2.48. The van der Waals surface area contributed by atoms with Crippen LogP contribution >= 0.6 is 0 Å². The molecule has 0 aromatic rings. The molecule has 1 aliphatic heterocycles. The summed E-state index contributed by atoms with van der Waals surface area (Å²) in [6.45, 7) is 10.3. The van der Waals surface area contributed by atoms with Gasteiger partial charge in [0.05, 0.1) is 18.0 Å². The number of sulfonamides is 1. The summed E-state index contributed by atoms with van der Waals surface area (Å²) >= 11 is 0. The summed E-state index contributed by atoms with van der Waals surface area (Å²) < 4.78 is 31.1. The van der Waals surface area contributed by atoms with E-state index in [9.17, 15) is 8.42 Å². The molecular formula is C12H25NO3S. The Kier molecular flexibility index (Phi) is 3.97. The molecule has 1 heterocycles. The Morgan fingerprint density at radius 1 is 1.24 bits per heavy atom. The Morgan fingerprint density at radius 2 is 1.71 bits per heavy atom. The maximum absolute atomic E-state index is 11.6. The van der Waals surface area contributed by atoms with Crippen molar-refractivity contribution in [3.63, 3.8) is 0 Å². The van der Waals surface area contributed by atoms with Gasteiger partial charge in [-0.3, -0.25) is 0 Å². The second-order valence-corrected chi connectivity index (χ2v) is 8.48. The molecule has 0 amide bonds. The highest BCUT2D eigenvalue weighted by atomic mass is 32.2. The Balaban J connectivity index is 2.66. The Hall–Kier alpha value is -0.130. The number of hydrogen-bond acceptors (Lipinski definition) is 3. The van der Waals surface area contributed by atoms with Gasteiger partial charge >= 0.3 is 0 Å². The van der Waals surface area contributed by atoms with Gasteiger partial charge in [-0.1, -0.05) is 27.7 Å². The molecule has 1 rings (SSSR count). The van der Waals surface area contributed by atoms with Crippen LogP contribution in [0.2, 0.25) is 0 Å². The molecule has 2 atom stereocenters. The van der Waals surface area contributed by atoms with Crippen LogP contribution in [-0.2, 0) is 14.8 Å². The number of nitrogens with one attached hydrogen (secondary N) is 1. The summed E-state index contributed by atoms with van der Waals surface area (Å²) in [6, 6.07) is 0. The Bertz CT molecular complexity index is 373. The van der Waals surface area contributed by atoms with Gasteiger partial charge < -0.3 is 4.74 Å². The van der Waals surface area contributed by atoms with Crippen molar-refractivity contribution in [3.8, 4) is 0 Å². The average Bonchev–Trinajstić information content (AvgIpc) is 2.79. The lowest BCUT2D eigenvalue weighted by molar-refractivity contribution is 0.162. The van der Waals surface area contributed by atoms with E-state index >= 15 is 0 Å². The van der Waals surface area contributed by atoms with E-state index in [4.69, 9.17) is 4.74 Å². The van der Waals surface area contributed by atoms with Crippen LogP contribution in [0.15, 0.2) is 0 Å². The molecule has 1 aliphatic rings. The summed E-state index contributed by atoms with van der Waals surface area (Å²) in [5.41, 5.74) is -0.233.